The molecule has 0 radical (unpaired) electrons. The average Bonchev–Trinajstić information content (AvgIpc) is 3.70. The number of thiophene rings is 1. The van der Waals surface area contributed by atoms with E-state index < -0.39 is 10.0 Å². The second kappa shape index (κ2) is 12.6. The highest BCUT2D eigenvalue weighted by Gasteiger charge is 2.27. The second-order valence-electron chi connectivity index (χ2n) is 10.1. The van der Waals surface area contributed by atoms with Gasteiger partial charge in [0.2, 0.25) is 0 Å². The molecule has 2 aromatic heterocycles. The van der Waals surface area contributed by atoms with Crippen LogP contribution in [-0.4, -0.2) is 23.9 Å². The number of anilines is 1. The first-order valence-corrected chi connectivity index (χ1v) is 16.1. The quantitative estimate of drug-likeness (QED) is 0.193. The van der Waals surface area contributed by atoms with Gasteiger partial charge in [-0.05, 0) is 65.0 Å². The number of nitriles is 1. The van der Waals surface area contributed by atoms with Gasteiger partial charge in [0.25, 0.3) is 15.9 Å². The predicted molar refractivity (Wildman–Crippen MR) is 172 cm³/mol. The maximum absolute atomic E-state index is 14.1. The lowest BCUT2D eigenvalue weighted by atomic mass is 10.1. The number of fused-ring (bicyclic) bond motifs is 1. The minimum absolute atomic E-state index is 0.0353. The van der Waals surface area contributed by atoms with E-state index in [-0.39, 0.29) is 17.3 Å². The van der Waals surface area contributed by atoms with E-state index in [1.165, 1.54) is 15.6 Å². The zero-order valence-corrected chi connectivity index (χ0v) is 25.1. The van der Waals surface area contributed by atoms with E-state index in [1.807, 2.05) is 59.2 Å². The van der Waals surface area contributed by atoms with Gasteiger partial charge in [0.15, 0.2) is 0 Å². The molecule has 0 unspecified atom stereocenters. The van der Waals surface area contributed by atoms with E-state index in [1.54, 1.807) is 67.1 Å². The van der Waals surface area contributed by atoms with Crippen LogP contribution in [0.1, 0.15) is 32.1 Å². The van der Waals surface area contributed by atoms with Crippen LogP contribution < -0.4 is 9.62 Å². The van der Waals surface area contributed by atoms with E-state index >= 15 is 0 Å². The van der Waals surface area contributed by atoms with Crippen LogP contribution in [0.15, 0.2) is 127 Å². The van der Waals surface area contributed by atoms with Crippen molar-refractivity contribution in [2.24, 2.45) is 0 Å². The Balaban J connectivity index is 1.31. The van der Waals surface area contributed by atoms with Gasteiger partial charge in [-0.3, -0.25) is 9.10 Å². The molecule has 1 N–H and O–H groups in total. The Bertz CT molecular complexity index is 2060. The van der Waals surface area contributed by atoms with Crippen molar-refractivity contribution in [2.75, 3.05) is 4.31 Å². The first kappa shape index (κ1) is 28.9. The number of hydrogen-bond donors (Lipinski definition) is 1. The molecule has 0 bridgehead atoms. The zero-order chi connectivity index (χ0) is 30.5. The van der Waals surface area contributed by atoms with Gasteiger partial charge in [0.05, 0.1) is 45.7 Å². The summed E-state index contributed by atoms with van der Waals surface area (Å²) < 4.78 is 32.3. The molecule has 44 heavy (non-hydrogen) atoms. The van der Waals surface area contributed by atoms with Crippen LogP contribution in [-0.2, 0) is 29.7 Å². The second-order valence-corrected chi connectivity index (χ2v) is 13.1. The summed E-state index contributed by atoms with van der Waals surface area (Å²) in [6.45, 7) is 0.914. The standard InChI is InChI=1S/C34H27N5O3S2/c35-19-25-11-13-27(14-12-25)22-38-24-36-21-30(38)23-39(44(41,42)31-9-5-2-6-10-31)29-15-16-32-28(17-29)18-33(43-32)34(40)37-20-26-7-3-1-4-8-26/h1-18,21,24H,20,22-23H2,(H,37,40). The first-order valence-electron chi connectivity index (χ1n) is 13.8. The molecular weight excluding hydrogens is 591 g/mol. The normalized spacial score (nSPS) is 11.2. The molecule has 10 heteroatoms. The van der Waals surface area contributed by atoms with E-state index in [0.29, 0.717) is 34.9 Å². The Hall–Kier alpha value is -5.24. The molecule has 0 atom stereocenters. The van der Waals surface area contributed by atoms with Gasteiger partial charge < -0.3 is 9.88 Å². The summed E-state index contributed by atoms with van der Waals surface area (Å²) in [6.07, 6.45) is 3.33. The van der Waals surface area contributed by atoms with Gasteiger partial charge in [-0.15, -0.1) is 11.3 Å². The van der Waals surface area contributed by atoms with Crippen LogP contribution in [0, 0.1) is 11.3 Å². The van der Waals surface area contributed by atoms with Gasteiger partial charge in [-0.2, -0.15) is 5.26 Å². The smallest absolute Gasteiger partial charge is 0.264 e. The van der Waals surface area contributed by atoms with Crippen molar-refractivity contribution in [3.63, 3.8) is 0 Å². The summed E-state index contributed by atoms with van der Waals surface area (Å²) >= 11 is 1.36. The van der Waals surface area contributed by atoms with Gasteiger partial charge in [0, 0.05) is 24.0 Å². The highest BCUT2D eigenvalue weighted by Crippen LogP contribution is 2.33. The van der Waals surface area contributed by atoms with E-state index in [4.69, 9.17) is 5.26 Å². The van der Waals surface area contributed by atoms with Gasteiger partial charge >= 0.3 is 0 Å². The topological polar surface area (TPSA) is 108 Å². The fourth-order valence-corrected chi connectivity index (χ4v) is 7.26. The first-order chi connectivity index (χ1) is 21.4. The van der Waals surface area contributed by atoms with Crippen molar-refractivity contribution in [1.29, 1.82) is 5.26 Å². The summed E-state index contributed by atoms with van der Waals surface area (Å²) in [7, 11) is -3.97. The number of nitrogens with zero attached hydrogens (tertiary/aromatic N) is 4. The van der Waals surface area contributed by atoms with Gasteiger partial charge in [0.1, 0.15) is 0 Å². The number of imidazole rings is 1. The number of rotatable bonds is 10. The number of amides is 1. The molecule has 4 aromatic carbocycles. The largest absolute Gasteiger partial charge is 0.347 e. The third-order valence-electron chi connectivity index (χ3n) is 7.18. The van der Waals surface area contributed by atoms with Crippen LogP contribution in [0.4, 0.5) is 5.69 Å². The molecule has 0 aliphatic heterocycles. The molecule has 6 rings (SSSR count). The van der Waals surface area contributed by atoms with Crippen molar-refractivity contribution in [2.45, 2.75) is 24.5 Å². The molecule has 218 valence electrons. The Morgan fingerprint density at radius 2 is 1.64 bits per heavy atom. The fourth-order valence-electron chi connectivity index (χ4n) is 4.85. The minimum atomic E-state index is -3.97. The third-order valence-corrected chi connectivity index (χ3v) is 10.1. The summed E-state index contributed by atoms with van der Waals surface area (Å²) in [5, 5.41) is 12.9. The highest BCUT2D eigenvalue weighted by molar-refractivity contribution is 7.92. The van der Waals surface area contributed by atoms with E-state index in [0.717, 1.165) is 21.2 Å². The summed E-state index contributed by atoms with van der Waals surface area (Å²) in [4.78, 5) is 18.0. The number of sulfonamides is 1. The highest BCUT2D eigenvalue weighted by atomic mass is 32.2. The van der Waals surface area contributed by atoms with E-state index in [9.17, 15) is 13.2 Å². The molecule has 2 heterocycles. The van der Waals surface area contributed by atoms with Crippen molar-refractivity contribution in [3.8, 4) is 6.07 Å². The molecule has 0 aliphatic carbocycles. The predicted octanol–water partition coefficient (Wildman–Crippen LogP) is 6.34. The number of benzene rings is 4. The number of aromatic nitrogens is 2. The molecule has 8 nitrogen and oxygen atoms in total. The van der Waals surface area contributed by atoms with Crippen LogP contribution in [0.2, 0.25) is 0 Å². The van der Waals surface area contributed by atoms with Crippen LogP contribution in [0.3, 0.4) is 0 Å². The maximum atomic E-state index is 14.1. The van der Waals surface area contributed by atoms with Gasteiger partial charge in [-0.1, -0.05) is 60.7 Å². The fraction of sp³-hybridized carbons (Fsp3) is 0.0882. The lowest BCUT2D eigenvalue weighted by molar-refractivity contribution is 0.0955. The summed E-state index contributed by atoms with van der Waals surface area (Å²) in [5.41, 5.74) is 3.70. The van der Waals surface area contributed by atoms with Crippen LogP contribution in [0.5, 0.6) is 0 Å². The number of hydrogen-bond acceptors (Lipinski definition) is 6. The van der Waals surface area contributed by atoms with Gasteiger partial charge in [-0.25, -0.2) is 13.4 Å². The molecule has 0 fully saturated rings. The maximum Gasteiger partial charge on any atom is 0.264 e. The molecule has 0 spiro atoms. The number of carbonyl (C=O) groups is 1. The van der Waals surface area contributed by atoms with Crippen LogP contribution >= 0.6 is 11.3 Å². The Kier molecular flexibility index (Phi) is 8.23. The molecule has 1 amide bonds. The van der Waals surface area contributed by atoms with Crippen molar-refractivity contribution >= 4 is 43.0 Å². The Morgan fingerprint density at radius 1 is 0.909 bits per heavy atom. The lowest BCUT2D eigenvalue weighted by Gasteiger charge is -2.25. The monoisotopic (exact) mass is 617 g/mol. The zero-order valence-electron chi connectivity index (χ0n) is 23.5. The molecule has 0 saturated heterocycles. The van der Waals surface area contributed by atoms with Crippen molar-refractivity contribution < 1.29 is 13.2 Å². The SMILES string of the molecule is N#Cc1ccc(Cn2cncc2CN(c2ccc3sc(C(=O)NCc4ccccc4)cc3c2)S(=O)(=O)c2ccccc2)cc1. The van der Waals surface area contributed by atoms with E-state index in [2.05, 4.69) is 16.4 Å². The molecule has 0 saturated carbocycles. The molecule has 6 aromatic rings. The lowest BCUT2D eigenvalue weighted by Crippen LogP contribution is -2.31. The number of carbonyl (C=O) groups excluding carboxylic acids is 1. The Morgan fingerprint density at radius 3 is 2.36 bits per heavy atom. The summed E-state index contributed by atoms with van der Waals surface area (Å²) in [5.74, 6) is -0.183. The van der Waals surface area contributed by atoms with Crippen molar-refractivity contribution in [1.82, 2.24) is 14.9 Å². The van der Waals surface area contributed by atoms with Crippen molar-refractivity contribution in [3.05, 3.63) is 149 Å². The summed E-state index contributed by atoms with van der Waals surface area (Å²) in [6, 6.07) is 34.6. The molecular formula is C34H27N5O3S2. The third kappa shape index (κ3) is 6.24. The Labute approximate surface area is 259 Å². The van der Waals surface area contributed by atoms with Crippen LogP contribution in [0.25, 0.3) is 10.1 Å². The minimum Gasteiger partial charge on any atom is -0.347 e. The number of nitrogens with one attached hydrogen (secondary N) is 1. The molecule has 0 aliphatic rings. The average molecular weight is 618 g/mol.